The van der Waals surface area contributed by atoms with E-state index in [-0.39, 0.29) is 12.1 Å². The van der Waals surface area contributed by atoms with Crippen LogP contribution in [0, 0.1) is 11.8 Å². The Morgan fingerprint density at radius 3 is 1.72 bits per heavy atom. The fourth-order valence-electron chi connectivity index (χ4n) is 8.00. The SMILES string of the molecule is C=CC(=O)OC(C)COC1CCC(CCC2CCC(N(C3CCCCC3)C3CCCCC3)CC2)CC1. The minimum Gasteiger partial charge on any atom is -0.457 e. The van der Waals surface area contributed by atoms with Crippen molar-refractivity contribution in [2.75, 3.05) is 6.61 Å². The summed E-state index contributed by atoms with van der Waals surface area (Å²) in [5, 5.41) is 0. The van der Waals surface area contributed by atoms with Crippen LogP contribution in [0.4, 0.5) is 0 Å². The summed E-state index contributed by atoms with van der Waals surface area (Å²) >= 11 is 0. The summed E-state index contributed by atoms with van der Waals surface area (Å²) < 4.78 is 11.3. The quantitative estimate of drug-likeness (QED) is 0.212. The van der Waals surface area contributed by atoms with E-state index in [1.165, 1.54) is 122 Å². The van der Waals surface area contributed by atoms with Gasteiger partial charge in [-0.2, -0.15) is 0 Å². The average Bonchev–Trinajstić information content (AvgIpc) is 2.93. The van der Waals surface area contributed by atoms with Crippen LogP contribution in [0.25, 0.3) is 0 Å². The van der Waals surface area contributed by atoms with Crippen molar-refractivity contribution >= 4 is 5.97 Å². The number of rotatable bonds is 11. The first-order valence-corrected chi connectivity index (χ1v) is 15.8. The Balaban J connectivity index is 1.13. The highest BCUT2D eigenvalue weighted by atomic mass is 16.6. The molecule has 206 valence electrons. The van der Waals surface area contributed by atoms with Gasteiger partial charge in [0.1, 0.15) is 6.10 Å². The van der Waals surface area contributed by atoms with Crippen LogP contribution in [0.2, 0.25) is 0 Å². The van der Waals surface area contributed by atoms with Crippen LogP contribution in [0.5, 0.6) is 0 Å². The van der Waals surface area contributed by atoms with Crippen molar-refractivity contribution in [2.24, 2.45) is 11.8 Å². The molecule has 0 heterocycles. The van der Waals surface area contributed by atoms with Crippen LogP contribution in [0.1, 0.15) is 135 Å². The van der Waals surface area contributed by atoms with Crippen LogP contribution >= 0.6 is 0 Å². The van der Waals surface area contributed by atoms with Gasteiger partial charge >= 0.3 is 5.97 Å². The first kappa shape index (κ1) is 28.1. The molecule has 1 unspecified atom stereocenters. The molecule has 4 aliphatic carbocycles. The normalized spacial score (nSPS) is 31.7. The molecule has 0 saturated heterocycles. The summed E-state index contributed by atoms with van der Waals surface area (Å²) in [5.74, 6) is 1.49. The highest BCUT2D eigenvalue weighted by Crippen LogP contribution is 2.39. The number of ether oxygens (including phenoxy) is 2. The van der Waals surface area contributed by atoms with Gasteiger partial charge in [-0.3, -0.25) is 4.90 Å². The van der Waals surface area contributed by atoms with Crippen molar-refractivity contribution in [3.8, 4) is 0 Å². The van der Waals surface area contributed by atoms with Crippen LogP contribution in [-0.2, 0) is 14.3 Å². The second-order valence-electron chi connectivity index (χ2n) is 12.7. The molecule has 4 fully saturated rings. The molecule has 4 heteroatoms. The third-order valence-electron chi connectivity index (χ3n) is 10.1. The Labute approximate surface area is 221 Å². The average molecular weight is 502 g/mol. The molecule has 0 aromatic heterocycles. The molecule has 4 nitrogen and oxygen atoms in total. The third-order valence-corrected chi connectivity index (χ3v) is 10.1. The topological polar surface area (TPSA) is 38.8 Å². The maximum Gasteiger partial charge on any atom is 0.330 e. The van der Waals surface area contributed by atoms with E-state index in [9.17, 15) is 4.79 Å². The maximum atomic E-state index is 11.3. The van der Waals surface area contributed by atoms with E-state index >= 15 is 0 Å². The van der Waals surface area contributed by atoms with Crippen molar-refractivity contribution in [1.82, 2.24) is 4.90 Å². The van der Waals surface area contributed by atoms with Crippen LogP contribution in [-0.4, -0.2) is 47.8 Å². The molecule has 0 spiro atoms. The maximum absolute atomic E-state index is 11.3. The lowest BCUT2D eigenvalue weighted by Crippen LogP contribution is -2.52. The van der Waals surface area contributed by atoms with Crippen molar-refractivity contribution < 1.29 is 14.3 Å². The van der Waals surface area contributed by atoms with Crippen LogP contribution in [0.3, 0.4) is 0 Å². The van der Waals surface area contributed by atoms with Crippen LogP contribution < -0.4 is 0 Å². The molecule has 0 aliphatic heterocycles. The van der Waals surface area contributed by atoms with E-state index in [1.807, 2.05) is 6.92 Å². The van der Waals surface area contributed by atoms with Crippen molar-refractivity contribution in [3.63, 3.8) is 0 Å². The van der Waals surface area contributed by atoms with Gasteiger partial charge in [-0.25, -0.2) is 4.79 Å². The van der Waals surface area contributed by atoms with E-state index in [0.717, 1.165) is 42.8 Å². The molecule has 4 aliphatic rings. The van der Waals surface area contributed by atoms with Gasteiger partial charge in [0, 0.05) is 24.2 Å². The first-order valence-electron chi connectivity index (χ1n) is 15.8. The smallest absolute Gasteiger partial charge is 0.330 e. The zero-order chi connectivity index (χ0) is 25.2. The van der Waals surface area contributed by atoms with Gasteiger partial charge in [-0.15, -0.1) is 0 Å². The largest absolute Gasteiger partial charge is 0.457 e. The summed E-state index contributed by atoms with van der Waals surface area (Å²) in [7, 11) is 0. The van der Waals surface area contributed by atoms with E-state index in [1.54, 1.807) is 0 Å². The Morgan fingerprint density at radius 1 is 0.750 bits per heavy atom. The standard InChI is InChI=1S/C32H55NO3/c1-3-32(34)36-25(2)24-35-31-22-18-27(19-23-31)15-14-26-16-20-30(21-17-26)33(28-10-6-4-7-11-28)29-12-8-5-9-13-29/h3,25-31H,1,4-24H2,2H3. The molecular formula is C32H55NO3. The zero-order valence-electron chi connectivity index (χ0n) is 23.3. The predicted octanol–water partition coefficient (Wildman–Crippen LogP) is 7.99. The molecule has 4 saturated carbocycles. The molecule has 1 atom stereocenters. The second kappa shape index (κ2) is 14.9. The third kappa shape index (κ3) is 8.58. The lowest BCUT2D eigenvalue weighted by molar-refractivity contribution is -0.146. The van der Waals surface area contributed by atoms with E-state index in [0.29, 0.717) is 12.7 Å². The fraction of sp³-hybridized carbons (Fsp3) is 0.906. The van der Waals surface area contributed by atoms with Gasteiger partial charge in [0.2, 0.25) is 0 Å². The van der Waals surface area contributed by atoms with E-state index < -0.39 is 0 Å². The predicted molar refractivity (Wildman–Crippen MR) is 148 cm³/mol. The van der Waals surface area contributed by atoms with E-state index in [2.05, 4.69) is 11.5 Å². The lowest BCUT2D eigenvalue weighted by Gasteiger charge is -2.48. The number of carbonyl (C=O) groups is 1. The van der Waals surface area contributed by atoms with Gasteiger partial charge < -0.3 is 9.47 Å². The van der Waals surface area contributed by atoms with Gasteiger partial charge in [0.05, 0.1) is 12.7 Å². The molecule has 0 amide bonds. The minimum absolute atomic E-state index is 0.199. The second-order valence-corrected chi connectivity index (χ2v) is 12.7. The van der Waals surface area contributed by atoms with E-state index in [4.69, 9.17) is 9.47 Å². The minimum atomic E-state index is -0.362. The van der Waals surface area contributed by atoms with Gasteiger partial charge in [0.15, 0.2) is 0 Å². The molecule has 0 bridgehead atoms. The molecule has 4 rings (SSSR count). The first-order chi connectivity index (χ1) is 17.6. The van der Waals surface area contributed by atoms with Crippen molar-refractivity contribution in [1.29, 1.82) is 0 Å². The van der Waals surface area contributed by atoms with Crippen molar-refractivity contribution in [2.45, 2.75) is 166 Å². The van der Waals surface area contributed by atoms with Gasteiger partial charge in [-0.05, 0) is 95.8 Å². The molecular weight excluding hydrogens is 446 g/mol. The van der Waals surface area contributed by atoms with Gasteiger partial charge in [-0.1, -0.05) is 57.9 Å². The molecule has 0 aromatic rings. The number of carbonyl (C=O) groups excluding carboxylic acids is 1. The molecule has 36 heavy (non-hydrogen) atoms. The summed E-state index contributed by atoms with van der Waals surface area (Å²) in [5.41, 5.74) is 0. The number of esters is 1. The fourth-order valence-corrected chi connectivity index (χ4v) is 8.00. The highest BCUT2D eigenvalue weighted by molar-refractivity contribution is 5.81. The molecule has 0 aromatic carbocycles. The Kier molecular flexibility index (Phi) is 11.7. The van der Waals surface area contributed by atoms with Crippen molar-refractivity contribution in [3.05, 3.63) is 12.7 Å². The summed E-state index contributed by atoms with van der Waals surface area (Å²) in [6, 6.07) is 2.68. The highest BCUT2D eigenvalue weighted by Gasteiger charge is 2.36. The van der Waals surface area contributed by atoms with Crippen LogP contribution in [0.15, 0.2) is 12.7 Å². The Hall–Kier alpha value is -0.870. The van der Waals surface area contributed by atoms with Gasteiger partial charge in [0.25, 0.3) is 0 Å². The summed E-state index contributed by atoms with van der Waals surface area (Å²) in [6.45, 7) is 5.85. The zero-order valence-corrected chi connectivity index (χ0v) is 23.3. The number of hydrogen-bond donors (Lipinski definition) is 0. The Bertz CT molecular complexity index is 620. The monoisotopic (exact) mass is 501 g/mol. The number of hydrogen-bond acceptors (Lipinski definition) is 4. The summed E-state index contributed by atoms with van der Waals surface area (Å²) in [6.07, 6.45) is 29.8. The lowest BCUT2D eigenvalue weighted by atomic mass is 9.77. The molecule has 0 N–H and O–H groups in total. The Morgan fingerprint density at radius 2 is 1.22 bits per heavy atom. The summed E-state index contributed by atoms with van der Waals surface area (Å²) in [4.78, 5) is 14.4. The molecule has 0 radical (unpaired) electrons. The number of nitrogens with zero attached hydrogens (tertiary/aromatic N) is 1.